The number of carbonyl (C=O) groups is 1. The Balaban J connectivity index is 1.04. The summed E-state index contributed by atoms with van der Waals surface area (Å²) in [5.74, 6) is 4.60. The van der Waals surface area contributed by atoms with Crippen LogP contribution in [0, 0.1) is 40.4 Å². The van der Waals surface area contributed by atoms with Crippen LogP contribution in [0.15, 0.2) is 24.2 Å². The van der Waals surface area contributed by atoms with Crippen molar-refractivity contribution < 1.29 is 14.6 Å². The summed E-state index contributed by atoms with van der Waals surface area (Å²) in [6.45, 7) is 10.6. The van der Waals surface area contributed by atoms with E-state index < -0.39 is 0 Å². The molecule has 1 aromatic heterocycles. The average Bonchev–Trinajstić information content (AvgIpc) is 3.33. The Morgan fingerprint density at radius 2 is 1.93 bits per heavy atom. The van der Waals surface area contributed by atoms with Crippen molar-refractivity contribution in [1.29, 1.82) is 0 Å². The Morgan fingerprint density at radius 1 is 1.12 bits per heavy atom. The number of aliphatic hydroxyl groups is 1. The zero-order valence-electron chi connectivity index (χ0n) is 25.1. The molecule has 6 rings (SSSR count). The highest BCUT2D eigenvalue weighted by atomic mass is 16.5. The topological polar surface area (TPSA) is 78.8 Å². The number of methoxy groups -OCH3 is 1. The lowest BCUT2D eigenvalue weighted by atomic mass is 9.47. The molecule has 7 heteroatoms. The molecule has 0 radical (unpaired) electrons. The van der Waals surface area contributed by atoms with Crippen molar-refractivity contribution in [3.8, 4) is 5.88 Å². The van der Waals surface area contributed by atoms with Crippen molar-refractivity contribution >= 4 is 11.6 Å². The maximum Gasteiger partial charge on any atom is 0.240 e. The molecule has 1 aliphatic heterocycles. The van der Waals surface area contributed by atoms with Gasteiger partial charge < -0.3 is 19.6 Å². The number of hydrogen-bond donors (Lipinski definition) is 1. The van der Waals surface area contributed by atoms with Crippen LogP contribution in [-0.2, 0) is 4.79 Å². The van der Waals surface area contributed by atoms with Crippen molar-refractivity contribution in [2.45, 2.75) is 91.1 Å². The first kappa shape index (κ1) is 28.0. The molecule has 1 saturated heterocycles. The number of aliphatic hydroxyl groups excluding tert-OH is 1. The van der Waals surface area contributed by atoms with Gasteiger partial charge in [0.1, 0.15) is 12.0 Å². The molecule has 1 N–H and O–H groups in total. The van der Waals surface area contributed by atoms with Gasteiger partial charge in [0.15, 0.2) is 0 Å². The molecule has 4 aliphatic carbocycles. The largest absolute Gasteiger partial charge is 0.479 e. The quantitative estimate of drug-likeness (QED) is 0.472. The van der Waals surface area contributed by atoms with E-state index in [2.05, 4.69) is 46.6 Å². The van der Waals surface area contributed by atoms with Crippen molar-refractivity contribution in [2.24, 2.45) is 40.4 Å². The van der Waals surface area contributed by atoms with E-state index in [1.165, 1.54) is 38.4 Å². The molecule has 0 unspecified atom stereocenters. The van der Waals surface area contributed by atoms with Gasteiger partial charge in [-0.2, -0.15) is 0 Å². The third-order valence-electron chi connectivity index (χ3n) is 12.5. The second-order valence-electron chi connectivity index (χ2n) is 14.2. The summed E-state index contributed by atoms with van der Waals surface area (Å²) in [6.07, 6.45) is 17.0. The number of amides is 1. The predicted octanol–water partition coefficient (Wildman–Crippen LogP) is 5.49. The molecule has 3 saturated carbocycles. The number of allylic oxidation sites excluding steroid dienone is 1. The maximum atomic E-state index is 13.3. The summed E-state index contributed by atoms with van der Waals surface area (Å²) in [6, 6.07) is 0. The lowest BCUT2D eigenvalue weighted by Gasteiger charge is -2.58. The number of piperazine rings is 1. The summed E-state index contributed by atoms with van der Waals surface area (Å²) in [7, 11) is 1.64. The molecule has 1 amide bonds. The van der Waals surface area contributed by atoms with Gasteiger partial charge >= 0.3 is 0 Å². The Bertz CT molecular complexity index is 1120. The minimum atomic E-state index is -0.130. The van der Waals surface area contributed by atoms with Crippen LogP contribution in [0.2, 0.25) is 0 Å². The minimum Gasteiger partial charge on any atom is -0.479 e. The summed E-state index contributed by atoms with van der Waals surface area (Å²) in [5.41, 5.74) is 3.18. The molecule has 220 valence electrons. The zero-order valence-corrected chi connectivity index (χ0v) is 25.1. The number of anilines is 1. The monoisotopic (exact) mass is 550 g/mol. The van der Waals surface area contributed by atoms with Crippen LogP contribution in [0.1, 0.15) is 85.0 Å². The highest BCUT2D eigenvalue weighted by Crippen LogP contribution is 2.67. The number of carbonyl (C=O) groups excluding carboxylic acids is 1. The van der Waals surface area contributed by atoms with E-state index in [9.17, 15) is 9.90 Å². The van der Waals surface area contributed by atoms with Crippen molar-refractivity contribution in [2.75, 3.05) is 38.2 Å². The molecule has 2 heterocycles. The fourth-order valence-electron chi connectivity index (χ4n) is 10.2. The van der Waals surface area contributed by atoms with Crippen molar-refractivity contribution in [3.05, 3.63) is 24.2 Å². The number of ether oxygens (including phenoxy) is 1. The van der Waals surface area contributed by atoms with E-state index in [4.69, 9.17) is 4.74 Å². The van der Waals surface area contributed by atoms with E-state index in [-0.39, 0.29) is 6.10 Å². The number of aromatic nitrogens is 2. The van der Waals surface area contributed by atoms with E-state index in [0.717, 1.165) is 81.2 Å². The highest BCUT2D eigenvalue weighted by Gasteiger charge is 2.59. The van der Waals surface area contributed by atoms with Crippen LogP contribution in [0.4, 0.5) is 5.69 Å². The normalized spacial score (nSPS) is 38.1. The first-order chi connectivity index (χ1) is 19.2. The maximum absolute atomic E-state index is 13.3. The standard InChI is InChI=1S/C33H50N4O3/c1-22(5-10-30(39)37-17-15-36(16-18-37)29-20-34-21-35-31(29)40-4)26-8-9-27-25-7-6-23-19-24(38)11-13-32(23,2)28(25)12-14-33(26,27)3/h6,20-22,24-28,38H,5,7-19H2,1-4H3/t22-,24+,25+,26-,27+,28+,32+,33-/m1/s1. The Kier molecular flexibility index (Phi) is 7.64. The summed E-state index contributed by atoms with van der Waals surface area (Å²) in [4.78, 5) is 25.9. The van der Waals surface area contributed by atoms with E-state index in [1.54, 1.807) is 18.9 Å². The van der Waals surface area contributed by atoms with Crippen LogP contribution >= 0.6 is 0 Å². The highest BCUT2D eigenvalue weighted by molar-refractivity contribution is 5.76. The van der Waals surface area contributed by atoms with Gasteiger partial charge in [0.05, 0.1) is 19.4 Å². The van der Waals surface area contributed by atoms with Gasteiger partial charge in [0.2, 0.25) is 11.8 Å². The molecule has 8 atom stereocenters. The smallest absolute Gasteiger partial charge is 0.240 e. The van der Waals surface area contributed by atoms with Crippen LogP contribution in [0.5, 0.6) is 5.88 Å². The number of rotatable bonds is 6. The summed E-state index contributed by atoms with van der Waals surface area (Å²) >= 11 is 0. The Morgan fingerprint density at radius 3 is 2.70 bits per heavy atom. The fraction of sp³-hybridized carbons (Fsp3) is 0.788. The summed E-state index contributed by atoms with van der Waals surface area (Å²) in [5, 5.41) is 10.3. The lowest BCUT2D eigenvalue weighted by molar-refractivity contribution is -0.132. The molecule has 0 bridgehead atoms. The van der Waals surface area contributed by atoms with Crippen LogP contribution in [-0.4, -0.2) is 65.3 Å². The summed E-state index contributed by atoms with van der Waals surface area (Å²) < 4.78 is 5.41. The SMILES string of the molecule is COc1ncncc1N1CCN(C(=O)CC[C@@H](C)[C@H]2CC[C@H]3[C@@H]4CC=C5C[C@@H](O)CC[C@]5(C)[C@H]4CC[C@]23C)CC1. The molecule has 40 heavy (non-hydrogen) atoms. The van der Waals surface area contributed by atoms with Crippen LogP contribution < -0.4 is 9.64 Å². The molecule has 7 nitrogen and oxygen atoms in total. The van der Waals surface area contributed by atoms with Gasteiger partial charge in [0.25, 0.3) is 0 Å². The fourth-order valence-corrected chi connectivity index (χ4v) is 10.2. The van der Waals surface area contributed by atoms with Crippen molar-refractivity contribution in [3.63, 3.8) is 0 Å². The van der Waals surface area contributed by atoms with E-state index in [1.807, 2.05) is 0 Å². The molecule has 0 aromatic carbocycles. The van der Waals surface area contributed by atoms with Gasteiger partial charge in [-0.3, -0.25) is 4.79 Å². The van der Waals surface area contributed by atoms with Crippen LogP contribution in [0.3, 0.4) is 0 Å². The number of nitrogens with zero attached hydrogens (tertiary/aromatic N) is 4. The van der Waals surface area contributed by atoms with Gasteiger partial charge in [-0.1, -0.05) is 32.4 Å². The number of hydrogen-bond acceptors (Lipinski definition) is 6. The van der Waals surface area contributed by atoms with Gasteiger partial charge in [-0.15, -0.1) is 0 Å². The van der Waals surface area contributed by atoms with E-state index in [0.29, 0.717) is 35.0 Å². The first-order valence-electron chi connectivity index (χ1n) is 16.0. The van der Waals surface area contributed by atoms with Crippen LogP contribution in [0.25, 0.3) is 0 Å². The molecule has 4 fully saturated rings. The molecular weight excluding hydrogens is 500 g/mol. The van der Waals surface area contributed by atoms with E-state index >= 15 is 0 Å². The first-order valence-corrected chi connectivity index (χ1v) is 16.0. The minimum absolute atomic E-state index is 0.130. The Hall–Kier alpha value is -2.15. The average molecular weight is 551 g/mol. The number of fused-ring (bicyclic) bond motifs is 5. The van der Waals surface area contributed by atoms with Gasteiger partial charge in [-0.25, -0.2) is 9.97 Å². The molecule has 1 aromatic rings. The third-order valence-corrected chi connectivity index (χ3v) is 12.5. The molecular formula is C33H50N4O3. The third kappa shape index (κ3) is 4.74. The van der Waals surface area contributed by atoms with Gasteiger partial charge in [0, 0.05) is 32.6 Å². The second kappa shape index (κ2) is 10.9. The van der Waals surface area contributed by atoms with Crippen molar-refractivity contribution in [1.82, 2.24) is 14.9 Å². The zero-order chi connectivity index (χ0) is 28.1. The van der Waals surface area contributed by atoms with Gasteiger partial charge in [-0.05, 0) is 98.2 Å². The second-order valence-corrected chi connectivity index (χ2v) is 14.2. The molecule has 5 aliphatic rings. The molecule has 0 spiro atoms. The lowest BCUT2D eigenvalue weighted by Crippen LogP contribution is -2.51. The Labute approximate surface area is 240 Å². The predicted molar refractivity (Wildman–Crippen MR) is 157 cm³/mol.